The van der Waals surface area contributed by atoms with Gasteiger partial charge in [-0.15, -0.1) is 0 Å². The first-order chi connectivity index (χ1) is 6.54. The van der Waals surface area contributed by atoms with Crippen molar-refractivity contribution < 1.29 is 0 Å². The molecule has 0 saturated carbocycles. The minimum Gasteiger partial charge on any atom is -0.238 e. The van der Waals surface area contributed by atoms with E-state index in [1.165, 1.54) is 0 Å². The van der Waals surface area contributed by atoms with Crippen molar-refractivity contribution >= 4 is 23.8 Å². The van der Waals surface area contributed by atoms with Crippen LogP contribution < -0.4 is 10.6 Å². The van der Waals surface area contributed by atoms with Gasteiger partial charge in [0.05, 0.1) is 5.35 Å². The second-order valence-corrected chi connectivity index (χ2v) is 3.52. The van der Waals surface area contributed by atoms with E-state index in [9.17, 15) is 0 Å². The Morgan fingerprint density at radius 1 is 1.36 bits per heavy atom. The first-order valence-electron chi connectivity index (χ1n) is 4.38. The second-order valence-electron chi connectivity index (χ2n) is 3.04. The standard InChI is InChI=1S/C11H13ClN2/c1-5-11-10(6-7(2)12)8(3)13-9(4)14-11/h5-6H,2H2,1,3-4H3/b10-6-,11-5+. The molecule has 2 nitrogen and oxygen atoms in total. The summed E-state index contributed by atoms with van der Waals surface area (Å²) in [6, 6.07) is 0. The van der Waals surface area contributed by atoms with Gasteiger partial charge in [-0.2, -0.15) is 0 Å². The lowest BCUT2D eigenvalue weighted by molar-refractivity contribution is 0.965. The number of nitrogens with zero attached hydrogens (tertiary/aromatic N) is 2. The fraction of sp³-hybridized carbons (Fsp3) is 0.273. The Labute approximate surface area is 88.7 Å². The third-order valence-corrected chi connectivity index (χ3v) is 1.96. The van der Waals surface area contributed by atoms with Gasteiger partial charge in [-0.05, 0) is 26.8 Å². The largest absolute Gasteiger partial charge is 0.238 e. The summed E-state index contributed by atoms with van der Waals surface area (Å²) >= 11 is 5.73. The molecule has 1 heterocycles. The van der Waals surface area contributed by atoms with Gasteiger partial charge in [0.25, 0.3) is 0 Å². The number of aromatic nitrogens is 2. The smallest absolute Gasteiger partial charge is 0.126 e. The minimum atomic E-state index is 0.489. The summed E-state index contributed by atoms with van der Waals surface area (Å²) in [6.45, 7) is 9.38. The van der Waals surface area contributed by atoms with Crippen LogP contribution in [0.1, 0.15) is 18.4 Å². The molecule has 0 N–H and O–H groups in total. The van der Waals surface area contributed by atoms with Crippen molar-refractivity contribution in [1.29, 1.82) is 0 Å². The zero-order valence-corrected chi connectivity index (χ0v) is 9.39. The van der Waals surface area contributed by atoms with Crippen LogP contribution in [0.3, 0.4) is 0 Å². The highest BCUT2D eigenvalue weighted by Gasteiger charge is 1.96. The lowest BCUT2D eigenvalue weighted by Gasteiger charge is -1.98. The van der Waals surface area contributed by atoms with Crippen molar-refractivity contribution in [2.24, 2.45) is 0 Å². The number of hydrogen-bond donors (Lipinski definition) is 0. The third-order valence-electron chi connectivity index (χ3n) is 1.85. The molecule has 0 radical (unpaired) electrons. The molecule has 0 unspecified atom stereocenters. The van der Waals surface area contributed by atoms with E-state index in [0.29, 0.717) is 5.03 Å². The lowest BCUT2D eigenvalue weighted by atomic mass is 10.2. The summed E-state index contributed by atoms with van der Waals surface area (Å²) in [5, 5.41) is 2.33. The molecule has 0 amide bonds. The molecule has 0 spiro atoms. The summed E-state index contributed by atoms with van der Waals surface area (Å²) in [7, 11) is 0. The molecule has 1 aromatic rings. The number of hydrogen-bond acceptors (Lipinski definition) is 2. The summed E-state index contributed by atoms with van der Waals surface area (Å²) in [5.74, 6) is 0.771. The van der Waals surface area contributed by atoms with Gasteiger partial charge in [0.15, 0.2) is 0 Å². The Bertz CT molecular complexity index is 475. The van der Waals surface area contributed by atoms with E-state index in [-0.39, 0.29) is 0 Å². The molecule has 1 rings (SSSR count). The number of aryl methyl sites for hydroxylation is 2. The Kier molecular flexibility index (Phi) is 3.42. The van der Waals surface area contributed by atoms with Crippen LogP contribution in [0.25, 0.3) is 12.2 Å². The summed E-state index contributed by atoms with van der Waals surface area (Å²) in [5.41, 5.74) is 0.924. The van der Waals surface area contributed by atoms with Crippen LogP contribution in [-0.4, -0.2) is 9.97 Å². The van der Waals surface area contributed by atoms with Crippen molar-refractivity contribution in [2.75, 3.05) is 0 Å². The average Bonchev–Trinajstić information content (AvgIpc) is 2.08. The Hall–Kier alpha value is -1.15. The Morgan fingerprint density at radius 2 is 2.00 bits per heavy atom. The van der Waals surface area contributed by atoms with Gasteiger partial charge >= 0.3 is 0 Å². The van der Waals surface area contributed by atoms with Crippen LogP contribution >= 0.6 is 11.6 Å². The molecule has 74 valence electrons. The van der Waals surface area contributed by atoms with Crippen molar-refractivity contribution in [3.8, 4) is 0 Å². The van der Waals surface area contributed by atoms with Gasteiger partial charge in [-0.25, -0.2) is 9.97 Å². The first-order valence-corrected chi connectivity index (χ1v) is 4.76. The normalized spacial score (nSPS) is 13.4. The van der Waals surface area contributed by atoms with E-state index in [1.54, 1.807) is 6.08 Å². The predicted molar refractivity (Wildman–Crippen MR) is 60.4 cm³/mol. The van der Waals surface area contributed by atoms with Crippen LogP contribution in [0.2, 0.25) is 0 Å². The molecule has 0 aliphatic carbocycles. The molecule has 0 aliphatic rings. The van der Waals surface area contributed by atoms with Gasteiger partial charge in [0.2, 0.25) is 0 Å². The van der Waals surface area contributed by atoms with Crippen LogP contribution in [0.15, 0.2) is 11.6 Å². The van der Waals surface area contributed by atoms with Gasteiger partial charge in [-0.3, -0.25) is 0 Å². The van der Waals surface area contributed by atoms with Crippen molar-refractivity contribution in [3.05, 3.63) is 33.7 Å². The van der Waals surface area contributed by atoms with Crippen molar-refractivity contribution in [2.45, 2.75) is 20.8 Å². The average molecular weight is 209 g/mol. The molecule has 0 bridgehead atoms. The van der Waals surface area contributed by atoms with Crippen LogP contribution in [-0.2, 0) is 0 Å². The summed E-state index contributed by atoms with van der Waals surface area (Å²) in [4.78, 5) is 8.58. The van der Waals surface area contributed by atoms with E-state index in [4.69, 9.17) is 11.6 Å². The number of rotatable bonds is 1. The van der Waals surface area contributed by atoms with Gasteiger partial charge in [0, 0.05) is 15.9 Å². The summed E-state index contributed by atoms with van der Waals surface area (Å²) < 4.78 is 0. The molecule has 0 fully saturated rings. The van der Waals surface area contributed by atoms with E-state index >= 15 is 0 Å². The Balaban J connectivity index is 3.66. The molecule has 0 atom stereocenters. The molecular weight excluding hydrogens is 196 g/mol. The number of allylic oxidation sites excluding steroid dienone is 1. The van der Waals surface area contributed by atoms with Gasteiger partial charge < -0.3 is 0 Å². The molecular formula is C11H13ClN2. The topological polar surface area (TPSA) is 25.8 Å². The minimum absolute atomic E-state index is 0.489. The maximum atomic E-state index is 5.73. The fourth-order valence-corrected chi connectivity index (χ4v) is 1.41. The first kappa shape index (κ1) is 10.9. The molecule has 0 saturated heterocycles. The van der Waals surface area contributed by atoms with Crippen LogP contribution in [0.4, 0.5) is 0 Å². The highest BCUT2D eigenvalue weighted by atomic mass is 35.5. The number of halogens is 1. The zero-order valence-electron chi connectivity index (χ0n) is 8.63. The Morgan fingerprint density at radius 3 is 2.50 bits per heavy atom. The predicted octanol–water partition coefficient (Wildman–Crippen LogP) is 1.43. The highest BCUT2D eigenvalue weighted by molar-refractivity contribution is 6.33. The maximum Gasteiger partial charge on any atom is 0.126 e. The summed E-state index contributed by atoms with van der Waals surface area (Å²) in [6.07, 6.45) is 3.72. The van der Waals surface area contributed by atoms with Gasteiger partial charge in [0.1, 0.15) is 5.82 Å². The fourth-order valence-electron chi connectivity index (χ4n) is 1.30. The second kappa shape index (κ2) is 4.38. The highest BCUT2D eigenvalue weighted by Crippen LogP contribution is 1.96. The maximum absolute atomic E-state index is 5.73. The van der Waals surface area contributed by atoms with E-state index in [1.807, 2.05) is 26.8 Å². The molecule has 14 heavy (non-hydrogen) atoms. The molecule has 3 heteroatoms. The quantitative estimate of drug-likeness (QED) is 0.698. The van der Waals surface area contributed by atoms with Crippen molar-refractivity contribution in [3.63, 3.8) is 0 Å². The van der Waals surface area contributed by atoms with Gasteiger partial charge in [-0.1, -0.05) is 24.3 Å². The third kappa shape index (κ3) is 2.42. The van der Waals surface area contributed by atoms with Crippen molar-refractivity contribution in [1.82, 2.24) is 9.97 Å². The molecule has 0 aromatic carbocycles. The van der Waals surface area contributed by atoms with E-state index in [2.05, 4.69) is 16.5 Å². The van der Waals surface area contributed by atoms with E-state index < -0.39 is 0 Å². The van der Waals surface area contributed by atoms with Crippen LogP contribution in [0.5, 0.6) is 0 Å². The zero-order chi connectivity index (χ0) is 10.7. The lowest BCUT2D eigenvalue weighted by Crippen LogP contribution is -2.32. The SMILES string of the molecule is C=C(Cl)/C=c1/c(C)nc(C)n/c1=C/C. The molecule has 0 aliphatic heterocycles. The molecule has 1 aromatic heterocycles. The monoisotopic (exact) mass is 208 g/mol. The van der Waals surface area contributed by atoms with Crippen LogP contribution in [0, 0.1) is 13.8 Å². The van der Waals surface area contributed by atoms with E-state index in [0.717, 1.165) is 22.1 Å².